The third-order valence-corrected chi connectivity index (χ3v) is 3.56. The summed E-state index contributed by atoms with van der Waals surface area (Å²) in [6, 6.07) is 5.59. The van der Waals surface area contributed by atoms with Crippen molar-refractivity contribution in [1.82, 2.24) is 10.2 Å². The summed E-state index contributed by atoms with van der Waals surface area (Å²) in [6.45, 7) is 2.71. The Morgan fingerprint density at radius 3 is 2.40 bits per heavy atom. The van der Waals surface area contributed by atoms with Crippen LogP contribution in [0.3, 0.4) is 0 Å². The van der Waals surface area contributed by atoms with Crippen molar-refractivity contribution in [2.45, 2.75) is 25.1 Å². The Balaban J connectivity index is 2.17. The summed E-state index contributed by atoms with van der Waals surface area (Å²) >= 11 is 0. The monoisotopic (exact) mass is 290 g/mol. The molecule has 1 aliphatic rings. The van der Waals surface area contributed by atoms with Crippen molar-refractivity contribution in [2.24, 2.45) is 0 Å². The van der Waals surface area contributed by atoms with Gasteiger partial charge in [-0.2, -0.15) is 13.2 Å². The van der Waals surface area contributed by atoms with Crippen LogP contribution < -0.4 is 5.32 Å². The van der Waals surface area contributed by atoms with Crippen molar-refractivity contribution in [3.63, 3.8) is 0 Å². The van der Waals surface area contributed by atoms with Gasteiger partial charge in [0.15, 0.2) is 0 Å². The fraction of sp³-hybridized carbons (Fsp3) is 0.571. The predicted molar refractivity (Wildman–Crippen MR) is 68.9 cm³/mol. The van der Waals surface area contributed by atoms with E-state index in [1.165, 1.54) is 6.07 Å². The van der Waals surface area contributed by atoms with E-state index in [0.717, 1.165) is 13.1 Å². The lowest BCUT2D eigenvalue weighted by atomic mass is 9.99. The highest BCUT2D eigenvalue weighted by Crippen LogP contribution is 2.32. The van der Waals surface area contributed by atoms with E-state index in [9.17, 15) is 17.6 Å². The van der Waals surface area contributed by atoms with E-state index < -0.39 is 24.5 Å². The number of hydrogen-bond donors (Lipinski definition) is 1. The first-order valence-corrected chi connectivity index (χ1v) is 6.73. The number of alkyl halides is 3. The number of nitrogens with one attached hydrogen (secondary N) is 1. The van der Waals surface area contributed by atoms with E-state index in [1.54, 1.807) is 18.2 Å². The first-order chi connectivity index (χ1) is 9.47. The molecule has 1 N–H and O–H groups in total. The van der Waals surface area contributed by atoms with Gasteiger partial charge in [-0.25, -0.2) is 4.39 Å². The quantitative estimate of drug-likeness (QED) is 0.857. The SMILES string of the molecule is Fc1ccccc1[C@@H](CCC(F)(F)F)N1CCNCC1. The predicted octanol–water partition coefficient (Wildman–Crippen LogP) is 3.11. The Hall–Kier alpha value is -1.14. The van der Waals surface area contributed by atoms with Crippen molar-refractivity contribution in [3.05, 3.63) is 35.6 Å². The molecule has 20 heavy (non-hydrogen) atoms. The molecule has 1 aromatic rings. The molecule has 6 heteroatoms. The Morgan fingerprint density at radius 1 is 1.15 bits per heavy atom. The van der Waals surface area contributed by atoms with Gasteiger partial charge in [-0.15, -0.1) is 0 Å². The molecule has 0 aliphatic carbocycles. The van der Waals surface area contributed by atoms with Crippen LogP contribution in [0.2, 0.25) is 0 Å². The molecule has 0 spiro atoms. The van der Waals surface area contributed by atoms with E-state index in [0.29, 0.717) is 18.7 Å². The van der Waals surface area contributed by atoms with Crippen molar-refractivity contribution in [3.8, 4) is 0 Å². The molecule has 0 bridgehead atoms. The number of rotatable bonds is 4. The van der Waals surface area contributed by atoms with Crippen molar-refractivity contribution in [2.75, 3.05) is 26.2 Å². The van der Waals surface area contributed by atoms with Gasteiger partial charge in [-0.3, -0.25) is 4.90 Å². The summed E-state index contributed by atoms with van der Waals surface area (Å²) < 4.78 is 51.3. The topological polar surface area (TPSA) is 15.3 Å². The van der Waals surface area contributed by atoms with Crippen LogP contribution in [0.25, 0.3) is 0 Å². The van der Waals surface area contributed by atoms with Crippen LogP contribution in [0.1, 0.15) is 24.4 Å². The van der Waals surface area contributed by atoms with Crippen LogP contribution in [0.15, 0.2) is 24.3 Å². The highest BCUT2D eigenvalue weighted by Gasteiger charge is 2.32. The number of benzene rings is 1. The third-order valence-electron chi connectivity index (χ3n) is 3.56. The maximum atomic E-state index is 13.9. The average molecular weight is 290 g/mol. The molecule has 1 aliphatic heterocycles. The summed E-state index contributed by atoms with van der Waals surface area (Å²) in [7, 11) is 0. The largest absolute Gasteiger partial charge is 0.389 e. The maximum absolute atomic E-state index is 13.9. The first-order valence-electron chi connectivity index (χ1n) is 6.73. The van der Waals surface area contributed by atoms with Gasteiger partial charge in [0.1, 0.15) is 5.82 Å². The fourth-order valence-electron chi connectivity index (χ4n) is 2.57. The third kappa shape index (κ3) is 4.18. The van der Waals surface area contributed by atoms with E-state index in [4.69, 9.17) is 0 Å². The Morgan fingerprint density at radius 2 is 1.80 bits per heavy atom. The van der Waals surface area contributed by atoms with Crippen LogP contribution >= 0.6 is 0 Å². The summed E-state index contributed by atoms with van der Waals surface area (Å²) in [6.07, 6.45) is -5.21. The van der Waals surface area contributed by atoms with Gasteiger partial charge in [-0.05, 0) is 12.5 Å². The highest BCUT2D eigenvalue weighted by molar-refractivity contribution is 5.21. The molecule has 0 unspecified atom stereocenters. The molecule has 112 valence electrons. The number of hydrogen-bond acceptors (Lipinski definition) is 2. The summed E-state index contributed by atoms with van der Waals surface area (Å²) in [4.78, 5) is 1.93. The summed E-state index contributed by atoms with van der Waals surface area (Å²) in [5, 5.41) is 3.15. The van der Waals surface area contributed by atoms with Gasteiger partial charge in [0.25, 0.3) is 0 Å². The molecule has 1 aromatic carbocycles. The first kappa shape index (κ1) is 15.3. The highest BCUT2D eigenvalue weighted by atomic mass is 19.4. The second-order valence-corrected chi connectivity index (χ2v) is 4.98. The fourth-order valence-corrected chi connectivity index (χ4v) is 2.57. The molecule has 1 heterocycles. The van der Waals surface area contributed by atoms with E-state index >= 15 is 0 Å². The van der Waals surface area contributed by atoms with Gasteiger partial charge in [0.05, 0.1) is 0 Å². The van der Waals surface area contributed by atoms with Crippen LogP contribution in [0.5, 0.6) is 0 Å². The van der Waals surface area contributed by atoms with E-state index in [1.807, 2.05) is 4.90 Å². The normalized spacial score (nSPS) is 19.0. The second kappa shape index (κ2) is 6.54. The van der Waals surface area contributed by atoms with Crippen molar-refractivity contribution in [1.29, 1.82) is 0 Å². The summed E-state index contributed by atoms with van der Waals surface area (Å²) in [5.74, 6) is -0.432. The molecule has 2 rings (SSSR count). The molecule has 0 amide bonds. The molecule has 0 aromatic heterocycles. The zero-order valence-corrected chi connectivity index (χ0v) is 11.1. The number of nitrogens with zero attached hydrogens (tertiary/aromatic N) is 1. The van der Waals surface area contributed by atoms with Gasteiger partial charge < -0.3 is 5.32 Å². The van der Waals surface area contributed by atoms with Gasteiger partial charge in [0.2, 0.25) is 0 Å². The Labute approximate surface area is 115 Å². The van der Waals surface area contributed by atoms with E-state index in [-0.39, 0.29) is 6.42 Å². The van der Waals surface area contributed by atoms with Crippen LogP contribution in [-0.4, -0.2) is 37.3 Å². The average Bonchev–Trinajstić information content (AvgIpc) is 2.41. The minimum absolute atomic E-state index is 0.107. The van der Waals surface area contributed by atoms with Crippen molar-refractivity contribution < 1.29 is 17.6 Å². The molecular formula is C14H18F4N2. The Bertz CT molecular complexity index is 427. The molecule has 1 fully saturated rings. The van der Waals surface area contributed by atoms with Crippen molar-refractivity contribution >= 4 is 0 Å². The lowest BCUT2D eigenvalue weighted by molar-refractivity contribution is -0.138. The van der Waals surface area contributed by atoms with E-state index in [2.05, 4.69) is 5.32 Å². The van der Waals surface area contributed by atoms with Crippen LogP contribution in [0, 0.1) is 5.82 Å². The standard InChI is InChI=1S/C14H18F4N2/c15-12-4-2-1-3-11(12)13(5-6-14(16,17)18)20-9-7-19-8-10-20/h1-4,13,19H,5-10H2/t13-/m1/s1. The molecule has 0 radical (unpaired) electrons. The van der Waals surface area contributed by atoms with Gasteiger partial charge >= 0.3 is 6.18 Å². The summed E-state index contributed by atoms with van der Waals surface area (Å²) in [5.41, 5.74) is 0.360. The maximum Gasteiger partial charge on any atom is 0.389 e. The van der Waals surface area contributed by atoms with Gasteiger partial charge in [-0.1, -0.05) is 18.2 Å². The molecule has 1 atom stereocenters. The second-order valence-electron chi connectivity index (χ2n) is 4.98. The van der Waals surface area contributed by atoms with Gasteiger partial charge in [0, 0.05) is 44.2 Å². The minimum Gasteiger partial charge on any atom is -0.314 e. The number of piperazine rings is 1. The zero-order valence-electron chi connectivity index (χ0n) is 11.1. The lowest BCUT2D eigenvalue weighted by Gasteiger charge is -2.35. The van der Waals surface area contributed by atoms with Crippen LogP contribution in [-0.2, 0) is 0 Å². The Kier molecular flexibility index (Phi) is 4.99. The smallest absolute Gasteiger partial charge is 0.314 e. The number of halogens is 4. The molecule has 0 saturated carbocycles. The molecule has 2 nitrogen and oxygen atoms in total. The molecular weight excluding hydrogens is 272 g/mol. The molecule has 1 saturated heterocycles. The van der Waals surface area contributed by atoms with Crippen LogP contribution in [0.4, 0.5) is 17.6 Å². The lowest BCUT2D eigenvalue weighted by Crippen LogP contribution is -2.45. The zero-order chi connectivity index (χ0) is 14.6. The minimum atomic E-state index is -4.21.